The van der Waals surface area contributed by atoms with Gasteiger partial charge in [-0.1, -0.05) is 27.7 Å². The molecular formula is C42H53ClF2N6O6. The van der Waals surface area contributed by atoms with Crippen LogP contribution < -0.4 is 32.1 Å². The van der Waals surface area contributed by atoms with Crippen molar-refractivity contribution in [3.8, 4) is 0 Å². The Balaban J connectivity index is 0.000000189. The number of nitrogens with zero attached hydrogens (tertiary/aromatic N) is 4. The molecule has 2 aromatic carbocycles. The second kappa shape index (κ2) is 15.0. The number of halogens is 3. The van der Waals surface area contributed by atoms with Crippen LogP contribution in [0.25, 0.3) is 21.8 Å². The number of aromatic carboxylic acids is 2. The number of benzene rings is 2. The summed E-state index contributed by atoms with van der Waals surface area (Å²) in [6.45, 7) is 14.5. The Labute approximate surface area is 335 Å². The smallest absolute Gasteiger partial charge is 0.341 e. The molecule has 0 spiro atoms. The predicted octanol–water partition coefficient (Wildman–Crippen LogP) is 6.51. The fraction of sp³-hybridized carbons (Fsp3) is 0.524. The number of aryl methyl sites for hydroxylation is 2. The summed E-state index contributed by atoms with van der Waals surface area (Å²) in [5.74, 6) is -3.54. The van der Waals surface area contributed by atoms with Crippen LogP contribution in [0.1, 0.15) is 110 Å². The number of nitrogens with two attached hydrogens (primary N) is 2. The van der Waals surface area contributed by atoms with Crippen LogP contribution in [-0.2, 0) is 0 Å². The lowest BCUT2D eigenvalue weighted by Gasteiger charge is -2.44. The van der Waals surface area contributed by atoms with Crippen LogP contribution in [0.2, 0.25) is 0 Å². The Morgan fingerprint density at radius 3 is 1.28 bits per heavy atom. The third-order valence-corrected chi connectivity index (χ3v) is 12.6. The molecule has 15 heteroatoms. The number of carboxylic acid groups (broad SMARTS) is 2. The number of hydrogen-bond donors (Lipinski definition) is 4. The standard InChI is InChI=1S/2C21H26FN3O3.ClH/c2*1-11-17-13(19(26)14(20(27)28)9-25(17)12-4-5-12)8-15(22)18(11)24-7-6-16(23)21(2,3)10-24;/h2*8-9,12,16H,4-7,10,23H2,1-3H3,(H,27,28);1H. The highest BCUT2D eigenvalue weighted by molar-refractivity contribution is 5.96. The number of rotatable bonds is 6. The van der Waals surface area contributed by atoms with E-state index in [1.165, 1.54) is 24.5 Å². The monoisotopic (exact) mass is 810 g/mol. The van der Waals surface area contributed by atoms with Crippen LogP contribution in [0.5, 0.6) is 0 Å². The first kappa shape index (κ1) is 42.1. The molecule has 2 aromatic heterocycles. The molecule has 2 atom stereocenters. The average molecular weight is 811 g/mol. The zero-order valence-corrected chi connectivity index (χ0v) is 34.1. The molecule has 0 amide bonds. The van der Waals surface area contributed by atoms with Crippen molar-refractivity contribution in [2.24, 2.45) is 22.3 Å². The number of pyridine rings is 2. The van der Waals surface area contributed by atoms with Crippen molar-refractivity contribution in [2.75, 3.05) is 36.0 Å². The molecule has 2 aliphatic carbocycles. The van der Waals surface area contributed by atoms with Crippen molar-refractivity contribution in [3.05, 3.63) is 78.9 Å². The average Bonchev–Trinajstić information content (AvgIpc) is 4.03. The van der Waals surface area contributed by atoms with E-state index in [0.29, 0.717) is 59.7 Å². The Morgan fingerprint density at radius 1 is 0.667 bits per heavy atom. The summed E-state index contributed by atoms with van der Waals surface area (Å²) in [5.41, 5.74) is 13.9. The van der Waals surface area contributed by atoms with E-state index in [1.807, 2.05) is 32.8 Å². The highest BCUT2D eigenvalue weighted by Crippen LogP contribution is 2.43. The predicted molar refractivity (Wildman–Crippen MR) is 221 cm³/mol. The number of carboxylic acids is 2. The fourth-order valence-corrected chi connectivity index (χ4v) is 8.83. The van der Waals surface area contributed by atoms with Crippen molar-refractivity contribution in [1.82, 2.24) is 9.13 Å². The summed E-state index contributed by atoms with van der Waals surface area (Å²) in [7, 11) is 0. The molecule has 2 aliphatic heterocycles. The first-order valence-corrected chi connectivity index (χ1v) is 19.5. The Morgan fingerprint density at radius 2 is 1.00 bits per heavy atom. The summed E-state index contributed by atoms with van der Waals surface area (Å²) < 4.78 is 34.1. The van der Waals surface area contributed by atoms with Gasteiger partial charge in [0.25, 0.3) is 0 Å². The number of carbonyl (C=O) groups is 2. The van der Waals surface area contributed by atoms with Gasteiger partial charge in [-0.2, -0.15) is 0 Å². The van der Waals surface area contributed by atoms with Gasteiger partial charge in [-0.3, -0.25) is 9.59 Å². The van der Waals surface area contributed by atoms with Crippen molar-refractivity contribution >= 4 is 57.5 Å². The summed E-state index contributed by atoms with van der Waals surface area (Å²) >= 11 is 0. The van der Waals surface area contributed by atoms with Crippen LogP contribution in [-0.4, -0.2) is 69.5 Å². The van der Waals surface area contributed by atoms with Crippen molar-refractivity contribution in [1.29, 1.82) is 0 Å². The van der Waals surface area contributed by atoms with Gasteiger partial charge in [-0.05, 0) is 86.5 Å². The van der Waals surface area contributed by atoms with Gasteiger partial charge in [0.15, 0.2) is 0 Å². The van der Waals surface area contributed by atoms with Crippen LogP contribution in [0.15, 0.2) is 34.1 Å². The van der Waals surface area contributed by atoms with Gasteiger partial charge in [0, 0.05) is 73.5 Å². The second-order valence-electron chi connectivity index (χ2n) is 17.7. The SMILES string of the molecule is Cc1c(N2CCC(N)C(C)(C)C2)c(F)cc2c(=O)c(C(=O)O)cn(C3CC3)c12.Cc1c(N2CCC(N)C(C)(C)C2)c(F)cc2c(=O)c(C(=O)O)cn(C3CC3)c12.Cl. The van der Waals surface area contributed by atoms with Gasteiger partial charge in [0.2, 0.25) is 10.9 Å². The molecule has 2 saturated carbocycles. The lowest BCUT2D eigenvalue weighted by molar-refractivity contribution is 0.0684. The van der Waals surface area contributed by atoms with E-state index in [1.54, 1.807) is 0 Å². The van der Waals surface area contributed by atoms with E-state index in [0.717, 1.165) is 38.5 Å². The van der Waals surface area contributed by atoms with Gasteiger partial charge in [-0.25, -0.2) is 18.4 Å². The quantitative estimate of drug-likeness (QED) is 0.168. The van der Waals surface area contributed by atoms with Crippen molar-refractivity contribution in [2.45, 2.75) is 104 Å². The van der Waals surface area contributed by atoms with Gasteiger partial charge in [-0.15, -0.1) is 12.4 Å². The number of anilines is 2. The summed E-state index contributed by atoms with van der Waals surface area (Å²) in [5, 5.41) is 19.1. The summed E-state index contributed by atoms with van der Waals surface area (Å²) in [4.78, 5) is 52.5. The first-order valence-electron chi connectivity index (χ1n) is 19.5. The molecule has 0 bridgehead atoms. The third-order valence-electron chi connectivity index (χ3n) is 12.6. The Hall–Kier alpha value is -4.53. The molecule has 0 radical (unpaired) electrons. The zero-order chi connectivity index (χ0) is 40.8. The van der Waals surface area contributed by atoms with Gasteiger partial charge < -0.3 is 40.6 Å². The van der Waals surface area contributed by atoms with Crippen molar-refractivity contribution < 1.29 is 28.6 Å². The van der Waals surface area contributed by atoms with Crippen LogP contribution in [0, 0.1) is 36.3 Å². The number of piperidine rings is 2. The minimum Gasteiger partial charge on any atom is -0.477 e. The highest BCUT2D eigenvalue weighted by Gasteiger charge is 2.38. The van der Waals surface area contributed by atoms with E-state index in [9.17, 15) is 29.4 Å². The maximum atomic E-state index is 15.2. The second-order valence-corrected chi connectivity index (χ2v) is 17.7. The molecule has 12 nitrogen and oxygen atoms in total. The van der Waals surface area contributed by atoms with E-state index >= 15 is 8.78 Å². The molecule has 2 unspecified atom stereocenters. The van der Waals surface area contributed by atoms with E-state index in [4.69, 9.17) is 11.5 Å². The summed E-state index contributed by atoms with van der Waals surface area (Å²) in [6.07, 6.45) is 8.08. The molecule has 2 saturated heterocycles. The minimum absolute atomic E-state index is 0. The topological polar surface area (TPSA) is 177 Å². The van der Waals surface area contributed by atoms with Gasteiger partial charge >= 0.3 is 11.9 Å². The molecular weight excluding hydrogens is 758 g/mol. The van der Waals surface area contributed by atoms with Crippen molar-refractivity contribution in [3.63, 3.8) is 0 Å². The van der Waals surface area contributed by atoms with E-state index in [-0.39, 0.29) is 69.3 Å². The van der Waals surface area contributed by atoms with E-state index < -0.39 is 34.4 Å². The maximum Gasteiger partial charge on any atom is 0.341 e. The zero-order valence-electron chi connectivity index (χ0n) is 33.3. The normalized spacial score (nSPS) is 21.5. The Bertz CT molecular complexity index is 2250. The molecule has 308 valence electrons. The molecule has 8 rings (SSSR count). The van der Waals surface area contributed by atoms with Crippen LogP contribution in [0.4, 0.5) is 20.2 Å². The maximum absolute atomic E-state index is 15.2. The van der Waals surface area contributed by atoms with Gasteiger partial charge in [0.05, 0.1) is 22.4 Å². The van der Waals surface area contributed by atoms with Crippen LogP contribution >= 0.6 is 12.4 Å². The number of aromatic nitrogens is 2. The third kappa shape index (κ3) is 7.51. The van der Waals surface area contributed by atoms with Gasteiger partial charge in [0.1, 0.15) is 22.8 Å². The molecule has 57 heavy (non-hydrogen) atoms. The molecule has 4 aliphatic rings. The number of hydrogen-bond acceptors (Lipinski definition) is 8. The lowest BCUT2D eigenvalue weighted by Crippen LogP contribution is -2.52. The van der Waals surface area contributed by atoms with Crippen LogP contribution in [0.3, 0.4) is 0 Å². The molecule has 4 heterocycles. The fourth-order valence-electron chi connectivity index (χ4n) is 8.83. The molecule has 4 fully saturated rings. The summed E-state index contributed by atoms with van der Waals surface area (Å²) in [6, 6.07) is 2.85. The first-order chi connectivity index (χ1) is 26.2. The highest BCUT2D eigenvalue weighted by atomic mass is 35.5. The lowest BCUT2D eigenvalue weighted by atomic mass is 9.79. The molecule has 4 aromatic rings. The largest absolute Gasteiger partial charge is 0.477 e. The molecule has 6 N–H and O–H groups in total. The number of fused-ring (bicyclic) bond motifs is 2. The Kier molecular flexibility index (Phi) is 11.1. The van der Waals surface area contributed by atoms with E-state index in [2.05, 4.69) is 27.7 Å². The minimum atomic E-state index is -1.28.